The molecular formula is C22H24FN3O5. The lowest BCUT2D eigenvalue weighted by atomic mass is 9.96. The van der Waals surface area contributed by atoms with Crippen molar-refractivity contribution in [2.24, 2.45) is 0 Å². The lowest BCUT2D eigenvalue weighted by molar-refractivity contribution is -0.0176. The number of aromatic nitrogens is 1. The van der Waals surface area contributed by atoms with Crippen LogP contribution in [-0.4, -0.2) is 52.2 Å². The van der Waals surface area contributed by atoms with Gasteiger partial charge in [-0.25, -0.2) is 4.39 Å². The Balaban J connectivity index is 1.68. The predicted octanol–water partition coefficient (Wildman–Crippen LogP) is 1.74. The van der Waals surface area contributed by atoms with Crippen LogP contribution in [0.2, 0.25) is 0 Å². The van der Waals surface area contributed by atoms with Gasteiger partial charge in [-0.05, 0) is 37.5 Å². The van der Waals surface area contributed by atoms with Crippen molar-refractivity contribution in [3.8, 4) is 5.75 Å². The first-order chi connectivity index (χ1) is 14.8. The number of pyridine rings is 1. The van der Waals surface area contributed by atoms with Gasteiger partial charge in [0.15, 0.2) is 11.4 Å². The molecule has 0 unspecified atom stereocenters. The van der Waals surface area contributed by atoms with E-state index in [9.17, 15) is 23.9 Å². The van der Waals surface area contributed by atoms with E-state index in [-0.39, 0.29) is 35.7 Å². The first-order valence-electron chi connectivity index (χ1n) is 10.2. The molecule has 0 spiro atoms. The zero-order chi connectivity index (χ0) is 22.3. The molecule has 2 aromatic rings. The van der Waals surface area contributed by atoms with E-state index in [1.54, 1.807) is 28.5 Å². The maximum absolute atomic E-state index is 13.7. The average molecular weight is 429 g/mol. The van der Waals surface area contributed by atoms with Crippen LogP contribution in [0, 0.1) is 12.7 Å². The van der Waals surface area contributed by atoms with E-state index in [1.807, 2.05) is 6.92 Å². The van der Waals surface area contributed by atoms with E-state index in [4.69, 9.17) is 4.74 Å². The number of amides is 2. The van der Waals surface area contributed by atoms with Crippen LogP contribution in [0.5, 0.6) is 5.75 Å². The Hall–Kier alpha value is -3.20. The van der Waals surface area contributed by atoms with Crippen molar-refractivity contribution < 1.29 is 23.8 Å². The maximum Gasteiger partial charge on any atom is 0.274 e. The number of carbonyl (C=O) groups is 2. The molecule has 3 heterocycles. The minimum Gasteiger partial charge on any atom is -0.503 e. The second-order valence-corrected chi connectivity index (χ2v) is 7.83. The summed E-state index contributed by atoms with van der Waals surface area (Å²) in [6, 6.07) is 4.14. The molecule has 0 saturated carbocycles. The van der Waals surface area contributed by atoms with E-state index in [0.29, 0.717) is 37.3 Å². The van der Waals surface area contributed by atoms with Gasteiger partial charge in [0.2, 0.25) is 5.43 Å². The first-order valence-corrected chi connectivity index (χ1v) is 10.2. The van der Waals surface area contributed by atoms with Crippen LogP contribution in [-0.2, 0) is 11.3 Å². The number of likely N-dealkylation sites (N-methyl/N-ethyl adjacent to an activating group) is 1. The van der Waals surface area contributed by atoms with Gasteiger partial charge >= 0.3 is 0 Å². The Kier molecular flexibility index (Phi) is 5.53. The summed E-state index contributed by atoms with van der Waals surface area (Å²) in [6.07, 6.45) is 1.92. The Morgan fingerprint density at radius 3 is 2.81 bits per heavy atom. The second-order valence-electron chi connectivity index (χ2n) is 7.83. The van der Waals surface area contributed by atoms with Crippen molar-refractivity contribution in [3.63, 3.8) is 0 Å². The van der Waals surface area contributed by atoms with Crippen LogP contribution in [0.25, 0.3) is 0 Å². The number of carbonyl (C=O) groups excluding carboxylic acids is 2. The molecule has 0 aliphatic carbocycles. The fraction of sp³-hybridized carbons (Fsp3) is 0.409. The summed E-state index contributed by atoms with van der Waals surface area (Å²) in [5.41, 5.74) is -0.251. The topological polar surface area (TPSA) is 101 Å². The number of aromatic hydroxyl groups is 1. The number of fused-ring (bicyclic) bond motifs is 3. The zero-order valence-corrected chi connectivity index (χ0v) is 17.4. The van der Waals surface area contributed by atoms with Crippen LogP contribution in [0.3, 0.4) is 0 Å². The Labute approximate surface area is 178 Å². The molecule has 9 heteroatoms. The minimum absolute atomic E-state index is 0.0143. The van der Waals surface area contributed by atoms with Crippen LogP contribution in [0.4, 0.5) is 4.39 Å². The highest BCUT2D eigenvalue weighted by molar-refractivity contribution is 5.99. The number of hydrogen-bond donors (Lipinski definition) is 2. The van der Waals surface area contributed by atoms with Crippen LogP contribution < -0.4 is 10.7 Å². The number of nitrogens with one attached hydrogen (secondary N) is 1. The van der Waals surface area contributed by atoms with Crippen molar-refractivity contribution in [3.05, 3.63) is 62.8 Å². The molecular weight excluding hydrogens is 405 g/mol. The fourth-order valence-corrected chi connectivity index (χ4v) is 4.28. The number of ether oxygens (including phenoxy) is 1. The largest absolute Gasteiger partial charge is 0.503 e. The normalized spacial score (nSPS) is 20.2. The third kappa shape index (κ3) is 3.59. The number of rotatable bonds is 4. The molecule has 1 aromatic heterocycles. The molecule has 2 amide bonds. The molecule has 0 bridgehead atoms. The number of benzene rings is 1. The van der Waals surface area contributed by atoms with Crippen molar-refractivity contribution in [2.75, 3.05) is 19.8 Å². The van der Waals surface area contributed by atoms with Crippen molar-refractivity contribution >= 4 is 11.8 Å². The van der Waals surface area contributed by atoms with Gasteiger partial charge < -0.3 is 24.6 Å². The van der Waals surface area contributed by atoms with E-state index < -0.39 is 23.0 Å². The second kappa shape index (κ2) is 8.14. The minimum atomic E-state index is -0.909. The van der Waals surface area contributed by atoms with E-state index in [0.717, 1.165) is 0 Å². The molecule has 2 aliphatic heterocycles. The van der Waals surface area contributed by atoms with Crippen molar-refractivity contribution in [2.45, 2.75) is 38.9 Å². The lowest BCUT2D eigenvalue weighted by Crippen LogP contribution is -2.55. The smallest absolute Gasteiger partial charge is 0.274 e. The summed E-state index contributed by atoms with van der Waals surface area (Å²) in [5, 5.41) is 13.1. The van der Waals surface area contributed by atoms with Crippen LogP contribution >= 0.6 is 0 Å². The molecule has 1 fully saturated rings. The fourth-order valence-electron chi connectivity index (χ4n) is 4.28. The van der Waals surface area contributed by atoms with Crippen LogP contribution in [0.1, 0.15) is 51.4 Å². The predicted molar refractivity (Wildman–Crippen MR) is 110 cm³/mol. The molecule has 164 valence electrons. The Morgan fingerprint density at radius 2 is 2.10 bits per heavy atom. The van der Waals surface area contributed by atoms with E-state index >= 15 is 0 Å². The Bertz CT molecular complexity index is 1110. The summed E-state index contributed by atoms with van der Waals surface area (Å²) >= 11 is 0. The number of halogens is 1. The molecule has 31 heavy (non-hydrogen) atoms. The highest BCUT2D eigenvalue weighted by Crippen LogP contribution is 2.35. The summed E-state index contributed by atoms with van der Waals surface area (Å²) in [4.78, 5) is 40.0. The number of aryl methyl sites for hydroxylation is 1. The SMILES string of the molecule is CCN1C(=O)c2c(O)c(=O)c(C(=O)NCc3ccc(C)c(F)c3)cn2[C@H]2CCOC[C@H]21. The summed E-state index contributed by atoms with van der Waals surface area (Å²) in [7, 11) is 0. The van der Waals surface area contributed by atoms with E-state index in [2.05, 4.69) is 5.32 Å². The standard InChI is InChI=1S/C22H24FN3O5/c1-3-25-17-11-31-7-6-16(17)26-10-14(19(27)20(28)18(26)22(25)30)21(29)24-9-13-5-4-12(2)15(23)8-13/h4-5,8,10,16-17,28H,3,6-7,9,11H2,1-2H3,(H,24,29)/t16-,17+/m0/s1. The van der Waals surface area contributed by atoms with Crippen molar-refractivity contribution in [1.29, 1.82) is 0 Å². The van der Waals surface area contributed by atoms with Gasteiger partial charge in [-0.2, -0.15) is 0 Å². The third-order valence-corrected chi connectivity index (χ3v) is 6.00. The molecule has 2 atom stereocenters. The molecule has 4 rings (SSSR count). The molecule has 8 nitrogen and oxygen atoms in total. The maximum atomic E-state index is 13.7. The Morgan fingerprint density at radius 1 is 1.32 bits per heavy atom. The number of nitrogens with zero attached hydrogens (tertiary/aromatic N) is 2. The molecule has 0 radical (unpaired) electrons. The highest BCUT2D eigenvalue weighted by atomic mass is 19.1. The third-order valence-electron chi connectivity index (χ3n) is 6.00. The van der Waals surface area contributed by atoms with Gasteiger partial charge in [0.05, 0.1) is 18.7 Å². The average Bonchev–Trinajstić information content (AvgIpc) is 2.76. The van der Waals surface area contributed by atoms with Gasteiger partial charge in [-0.15, -0.1) is 0 Å². The quantitative estimate of drug-likeness (QED) is 0.771. The van der Waals surface area contributed by atoms with Crippen LogP contribution in [0.15, 0.2) is 29.2 Å². The summed E-state index contributed by atoms with van der Waals surface area (Å²) in [5.74, 6) is -2.29. The number of hydrogen-bond acceptors (Lipinski definition) is 5. The van der Waals surface area contributed by atoms with Gasteiger partial charge in [0, 0.05) is 25.9 Å². The molecule has 2 N–H and O–H groups in total. The zero-order valence-electron chi connectivity index (χ0n) is 17.4. The van der Waals surface area contributed by atoms with Gasteiger partial charge in [-0.1, -0.05) is 12.1 Å². The van der Waals surface area contributed by atoms with Gasteiger partial charge in [0.1, 0.15) is 11.4 Å². The summed E-state index contributed by atoms with van der Waals surface area (Å²) < 4.78 is 20.8. The lowest BCUT2D eigenvalue weighted by Gasteiger charge is -2.45. The summed E-state index contributed by atoms with van der Waals surface area (Å²) in [6.45, 7) is 4.70. The molecule has 1 saturated heterocycles. The molecule has 2 aliphatic rings. The van der Waals surface area contributed by atoms with Crippen molar-refractivity contribution in [1.82, 2.24) is 14.8 Å². The van der Waals surface area contributed by atoms with E-state index in [1.165, 1.54) is 12.3 Å². The van der Waals surface area contributed by atoms with Gasteiger partial charge in [-0.3, -0.25) is 14.4 Å². The molecule has 1 aromatic carbocycles. The first kappa shape index (κ1) is 21.0. The van der Waals surface area contributed by atoms with Gasteiger partial charge in [0.25, 0.3) is 11.8 Å². The monoisotopic (exact) mass is 429 g/mol. The highest BCUT2D eigenvalue weighted by Gasteiger charge is 2.43.